The van der Waals surface area contributed by atoms with Crippen LogP contribution in [0.5, 0.6) is 0 Å². The van der Waals surface area contributed by atoms with E-state index in [2.05, 4.69) is 13.0 Å². The van der Waals surface area contributed by atoms with E-state index in [0.717, 1.165) is 37.7 Å². The van der Waals surface area contributed by atoms with Crippen LogP contribution in [0.4, 0.5) is 0 Å². The van der Waals surface area contributed by atoms with Crippen LogP contribution < -0.4 is 0 Å². The lowest BCUT2D eigenvalue weighted by Gasteiger charge is -2.38. The molecule has 0 N–H and O–H groups in total. The van der Waals surface area contributed by atoms with Gasteiger partial charge < -0.3 is 0 Å². The molecule has 0 aromatic heterocycles. The Bertz CT molecular complexity index is 455. The molecule has 0 radical (unpaired) electrons. The Balaban J connectivity index is 2.47. The van der Waals surface area contributed by atoms with Crippen molar-refractivity contribution in [3.05, 3.63) is 34.3 Å². The monoisotopic (exact) mass is 338 g/mol. The van der Waals surface area contributed by atoms with Crippen molar-refractivity contribution in [3.63, 3.8) is 0 Å². The maximum absolute atomic E-state index is 6.85. The number of alkyl halides is 3. The van der Waals surface area contributed by atoms with Crippen molar-refractivity contribution in [2.75, 3.05) is 0 Å². The molecule has 0 bridgehead atoms. The van der Waals surface area contributed by atoms with Gasteiger partial charge in [0.25, 0.3) is 0 Å². The molecule has 0 nitrogen and oxygen atoms in total. The standard InChI is InChI=1S/C15H18Cl4/c1-2-11-6-7-12(13(16)10-11)14(17)8-4-3-5-9-15(14,18)19/h6-7,10H,2-5,8-9H2,1H3. The van der Waals surface area contributed by atoms with Crippen molar-refractivity contribution < 1.29 is 0 Å². The highest BCUT2D eigenvalue weighted by molar-refractivity contribution is 6.53. The summed E-state index contributed by atoms with van der Waals surface area (Å²) in [5, 5.41) is 0.668. The number of hydrogen-bond acceptors (Lipinski definition) is 0. The van der Waals surface area contributed by atoms with Crippen molar-refractivity contribution in [3.8, 4) is 0 Å². The molecule has 0 saturated heterocycles. The molecule has 1 saturated carbocycles. The van der Waals surface area contributed by atoms with E-state index in [1.807, 2.05) is 12.1 Å². The zero-order chi connectivity index (χ0) is 14.1. The molecule has 1 aliphatic carbocycles. The zero-order valence-corrected chi connectivity index (χ0v) is 14.0. The summed E-state index contributed by atoms with van der Waals surface area (Å²) in [6.45, 7) is 2.10. The second-order valence-corrected chi connectivity index (χ2v) is 7.77. The van der Waals surface area contributed by atoms with E-state index < -0.39 is 9.21 Å². The van der Waals surface area contributed by atoms with Crippen LogP contribution in [-0.2, 0) is 11.3 Å². The van der Waals surface area contributed by atoms with Crippen molar-refractivity contribution in [1.82, 2.24) is 0 Å². The molecule has 19 heavy (non-hydrogen) atoms. The van der Waals surface area contributed by atoms with Gasteiger partial charge in [-0.3, -0.25) is 0 Å². The molecular weight excluding hydrogens is 322 g/mol. The third-order valence-electron chi connectivity index (χ3n) is 3.96. The maximum atomic E-state index is 6.85. The lowest BCUT2D eigenvalue weighted by atomic mass is 9.89. The molecule has 0 aliphatic heterocycles. The summed E-state index contributed by atoms with van der Waals surface area (Å²) in [6.07, 6.45) is 5.55. The van der Waals surface area contributed by atoms with Crippen LogP contribution in [-0.4, -0.2) is 4.33 Å². The molecule has 0 spiro atoms. The molecule has 2 rings (SSSR count). The fraction of sp³-hybridized carbons (Fsp3) is 0.600. The van der Waals surface area contributed by atoms with Gasteiger partial charge in [-0.2, -0.15) is 0 Å². The van der Waals surface area contributed by atoms with E-state index in [-0.39, 0.29) is 0 Å². The van der Waals surface area contributed by atoms with E-state index in [1.54, 1.807) is 0 Å². The molecule has 0 heterocycles. The van der Waals surface area contributed by atoms with Crippen molar-refractivity contribution in [2.24, 2.45) is 0 Å². The Morgan fingerprint density at radius 1 is 1.05 bits per heavy atom. The lowest BCUT2D eigenvalue weighted by molar-refractivity contribution is 0.494. The van der Waals surface area contributed by atoms with E-state index in [1.165, 1.54) is 5.56 Å². The van der Waals surface area contributed by atoms with Crippen molar-refractivity contribution in [1.29, 1.82) is 0 Å². The number of rotatable bonds is 2. The Hall–Kier alpha value is 0.380. The van der Waals surface area contributed by atoms with Gasteiger partial charge in [-0.05, 0) is 36.5 Å². The molecular formula is C15H18Cl4. The highest BCUT2D eigenvalue weighted by atomic mass is 35.5. The van der Waals surface area contributed by atoms with Gasteiger partial charge in [-0.25, -0.2) is 0 Å². The zero-order valence-electron chi connectivity index (χ0n) is 11.0. The smallest absolute Gasteiger partial charge is 0.111 e. The summed E-state index contributed by atoms with van der Waals surface area (Å²) in [5.74, 6) is 0. The molecule has 106 valence electrons. The molecule has 0 amide bonds. The first kappa shape index (κ1) is 15.8. The maximum Gasteiger partial charge on any atom is 0.141 e. The largest absolute Gasteiger partial charge is 0.141 e. The Kier molecular flexibility index (Phi) is 4.99. The van der Waals surface area contributed by atoms with E-state index >= 15 is 0 Å². The highest BCUT2D eigenvalue weighted by Crippen LogP contribution is 2.55. The summed E-state index contributed by atoms with van der Waals surface area (Å²) in [5.41, 5.74) is 2.05. The summed E-state index contributed by atoms with van der Waals surface area (Å²) < 4.78 is -0.970. The molecule has 1 unspecified atom stereocenters. The first-order chi connectivity index (χ1) is 8.90. The van der Waals surface area contributed by atoms with Crippen molar-refractivity contribution >= 4 is 46.4 Å². The first-order valence-corrected chi connectivity index (χ1v) is 8.27. The second-order valence-electron chi connectivity index (χ2n) is 5.23. The van der Waals surface area contributed by atoms with Crippen LogP contribution >= 0.6 is 46.4 Å². The van der Waals surface area contributed by atoms with Gasteiger partial charge >= 0.3 is 0 Å². The third-order valence-corrected chi connectivity index (χ3v) is 6.21. The van der Waals surface area contributed by atoms with E-state index in [0.29, 0.717) is 11.4 Å². The number of aryl methyl sites for hydroxylation is 1. The van der Waals surface area contributed by atoms with Gasteiger partial charge in [0.2, 0.25) is 0 Å². The van der Waals surface area contributed by atoms with Crippen LogP contribution in [0.25, 0.3) is 0 Å². The molecule has 1 aromatic rings. The Labute approximate surface area is 135 Å². The van der Waals surface area contributed by atoms with E-state index in [4.69, 9.17) is 46.4 Å². The molecule has 4 heteroatoms. The van der Waals surface area contributed by atoms with Crippen molar-refractivity contribution in [2.45, 2.75) is 54.7 Å². The average molecular weight is 340 g/mol. The minimum Gasteiger partial charge on any atom is -0.111 e. The van der Waals surface area contributed by atoms with Crippen LogP contribution in [0.3, 0.4) is 0 Å². The molecule has 1 atom stereocenters. The van der Waals surface area contributed by atoms with Crippen LogP contribution in [0.15, 0.2) is 18.2 Å². The molecule has 1 aromatic carbocycles. The van der Waals surface area contributed by atoms with Crippen LogP contribution in [0.2, 0.25) is 5.02 Å². The summed E-state index contributed by atoms with van der Waals surface area (Å²) in [4.78, 5) is -0.796. The number of benzene rings is 1. The number of halogens is 4. The van der Waals surface area contributed by atoms with Gasteiger partial charge in [0, 0.05) is 5.02 Å². The predicted octanol–water partition coefficient (Wildman–Crippen LogP) is 6.47. The van der Waals surface area contributed by atoms with Crippen LogP contribution in [0, 0.1) is 0 Å². The topological polar surface area (TPSA) is 0 Å². The van der Waals surface area contributed by atoms with E-state index in [9.17, 15) is 0 Å². The van der Waals surface area contributed by atoms with Gasteiger partial charge in [-0.1, -0.05) is 73.1 Å². The van der Waals surface area contributed by atoms with Gasteiger partial charge in [0.1, 0.15) is 9.21 Å². The summed E-state index contributed by atoms with van der Waals surface area (Å²) in [7, 11) is 0. The highest BCUT2D eigenvalue weighted by Gasteiger charge is 2.50. The first-order valence-electron chi connectivity index (χ1n) is 6.76. The Morgan fingerprint density at radius 2 is 1.74 bits per heavy atom. The third kappa shape index (κ3) is 3.02. The fourth-order valence-electron chi connectivity index (χ4n) is 2.70. The molecule has 1 aliphatic rings. The summed E-state index contributed by atoms with van der Waals surface area (Å²) in [6, 6.07) is 6.01. The molecule has 1 fully saturated rings. The van der Waals surface area contributed by atoms with Gasteiger partial charge in [-0.15, -0.1) is 11.6 Å². The fourth-order valence-corrected chi connectivity index (χ4v) is 4.17. The minimum absolute atomic E-state index is 0.668. The van der Waals surface area contributed by atoms with Gasteiger partial charge in [0.05, 0.1) is 0 Å². The quantitative estimate of drug-likeness (QED) is 0.427. The average Bonchev–Trinajstić information content (AvgIpc) is 2.49. The normalized spacial score (nSPS) is 27.0. The minimum atomic E-state index is -0.970. The summed E-state index contributed by atoms with van der Waals surface area (Å²) >= 11 is 26.3. The predicted molar refractivity (Wildman–Crippen MR) is 85.9 cm³/mol. The van der Waals surface area contributed by atoms with Crippen LogP contribution in [0.1, 0.15) is 50.2 Å². The van der Waals surface area contributed by atoms with Gasteiger partial charge in [0.15, 0.2) is 0 Å². The SMILES string of the molecule is CCc1ccc(C2(Cl)CCCCCC2(Cl)Cl)c(Cl)c1. The number of hydrogen-bond donors (Lipinski definition) is 0. The second kappa shape index (κ2) is 6.02. The lowest BCUT2D eigenvalue weighted by Crippen LogP contribution is -2.38. The Morgan fingerprint density at radius 3 is 2.37 bits per heavy atom.